The topological polar surface area (TPSA) is 34.5 Å². The van der Waals surface area contributed by atoms with Crippen LogP contribution in [0.15, 0.2) is 48.7 Å². The van der Waals surface area contributed by atoms with Gasteiger partial charge in [-0.1, -0.05) is 18.2 Å². The van der Waals surface area contributed by atoms with Crippen molar-refractivity contribution in [2.24, 2.45) is 13.0 Å². The minimum Gasteiger partial charge on any atom is -0.496 e. The Hall–Kier alpha value is -2.66. The summed E-state index contributed by atoms with van der Waals surface area (Å²) < 4.78 is 21.1. The van der Waals surface area contributed by atoms with Crippen LogP contribution < -0.4 is 4.74 Å². The fraction of sp³-hybridized carbons (Fsp3) is 0.348. The molecule has 1 atom stereocenters. The second-order valence-corrected chi connectivity index (χ2v) is 7.57. The molecule has 0 unspecified atom stereocenters. The van der Waals surface area contributed by atoms with Gasteiger partial charge in [-0.25, -0.2) is 4.39 Å². The summed E-state index contributed by atoms with van der Waals surface area (Å²) in [5.41, 5.74) is 2.83. The van der Waals surface area contributed by atoms with Crippen molar-refractivity contribution in [3.05, 3.63) is 65.6 Å². The van der Waals surface area contributed by atoms with E-state index in [9.17, 15) is 9.18 Å². The molecule has 4 rings (SSSR count). The van der Waals surface area contributed by atoms with Crippen molar-refractivity contribution in [1.82, 2.24) is 9.47 Å². The molecule has 0 bridgehead atoms. The Morgan fingerprint density at radius 1 is 1.25 bits per heavy atom. The number of ether oxygens (including phenoxy) is 1. The lowest BCUT2D eigenvalue weighted by molar-refractivity contribution is 0.0808. The average molecular weight is 380 g/mol. The number of Topliss-reactive ketones (excluding diaryl/α,β-unsaturated/α-hetero) is 1. The van der Waals surface area contributed by atoms with E-state index in [1.54, 1.807) is 0 Å². The first-order valence-corrected chi connectivity index (χ1v) is 9.70. The summed E-state index contributed by atoms with van der Waals surface area (Å²) in [5, 5.41) is 1.25. The average Bonchev–Trinajstić information content (AvgIpc) is 3.03. The van der Waals surface area contributed by atoms with Gasteiger partial charge in [-0.15, -0.1) is 0 Å². The number of aromatic nitrogens is 1. The van der Waals surface area contributed by atoms with Gasteiger partial charge in [0.1, 0.15) is 11.6 Å². The molecule has 2 heterocycles. The molecule has 1 aromatic heterocycles. The number of hydrogen-bond acceptors (Lipinski definition) is 3. The number of carbonyl (C=O) groups is 1. The molecule has 1 aliphatic rings. The smallest absolute Gasteiger partial charge is 0.171 e. The molecular formula is C23H25FN2O2. The van der Waals surface area contributed by atoms with Crippen LogP contribution in [0.1, 0.15) is 28.8 Å². The van der Waals surface area contributed by atoms with Crippen molar-refractivity contribution < 1.29 is 13.9 Å². The number of para-hydroxylation sites is 1. The second kappa shape index (κ2) is 7.76. The highest BCUT2D eigenvalue weighted by Gasteiger charge is 2.29. The summed E-state index contributed by atoms with van der Waals surface area (Å²) in [6.07, 6.45) is 3.95. The number of aryl methyl sites for hydroxylation is 1. The van der Waals surface area contributed by atoms with Gasteiger partial charge in [0.15, 0.2) is 5.78 Å². The van der Waals surface area contributed by atoms with E-state index in [2.05, 4.69) is 40.9 Å². The van der Waals surface area contributed by atoms with Gasteiger partial charge in [0.05, 0.1) is 12.7 Å². The van der Waals surface area contributed by atoms with E-state index >= 15 is 0 Å². The van der Waals surface area contributed by atoms with Gasteiger partial charge in [-0.3, -0.25) is 9.69 Å². The van der Waals surface area contributed by atoms with Crippen LogP contribution in [0.25, 0.3) is 10.9 Å². The zero-order chi connectivity index (χ0) is 19.7. The highest BCUT2D eigenvalue weighted by Crippen LogP contribution is 2.29. The molecule has 1 saturated heterocycles. The Morgan fingerprint density at radius 2 is 2.07 bits per heavy atom. The third-order valence-electron chi connectivity index (χ3n) is 5.68. The Labute approximate surface area is 164 Å². The summed E-state index contributed by atoms with van der Waals surface area (Å²) in [6.45, 7) is 2.46. The number of fused-ring (bicyclic) bond motifs is 1. The third-order valence-corrected chi connectivity index (χ3v) is 5.68. The van der Waals surface area contributed by atoms with Crippen molar-refractivity contribution in [1.29, 1.82) is 0 Å². The number of methoxy groups -OCH3 is 1. The Balaban J connectivity index is 1.53. The molecule has 0 saturated carbocycles. The normalized spacial score (nSPS) is 17.8. The number of halogens is 1. The van der Waals surface area contributed by atoms with E-state index in [4.69, 9.17) is 4.74 Å². The van der Waals surface area contributed by atoms with Gasteiger partial charge in [-0.2, -0.15) is 0 Å². The zero-order valence-corrected chi connectivity index (χ0v) is 16.3. The predicted molar refractivity (Wildman–Crippen MR) is 108 cm³/mol. The molecule has 0 amide bonds. The van der Waals surface area contributed by atoms with E-state index in [0.29, 0.717) is 17.9 Å². The van der Waals surface area contributed by atoms with Crippen molar-refractivity contribution in [3.8, 4) is 5.75 Å². The number of likely N-dealkylation sites (tertiary alicyclic amines) is 1. The molecule has 5 heteroatoms. The number of nitrogens with zero attached hydrogens (tertiary/aromatic N) is 2. The van der Waals surface area contributed by atoms with E-state index < -0.39 is 5.82 Å². The molecule has 1 fully saturated rings. The third kappa shape index (κ3) is 3.54. The quantitative estimate of drug-likeness (QED) is 0.615. The van der Waals surface area contributed by atoms with Gasteiger partial charge in [0.25, 0.3) is 0 Å². The highest BCUT2D eigenvalue weighted by molar-refractivity contribution is 6.00. The summed E-state index contributed by atoms with van der Waals surface area (Å²) in [7, 11) is 3.57. The van der Waals surface area contributed by atoms with Gasteiger partial charge in [0.2, 0.25) is 0 Å². The second-order valence-electron chi connectivity index (χ2n) is 7.57. The van der Waals surface area contributed by atoms with Crippen LogP contribution >= 0.6 is 0 Å². The van der Waals surface area contributed by atoms with Crippen molar-refractivity contribution in [3.63, 3.8) is 0 Å². The van der Waals surface area contributed by atoms with Gasteiger partial charge in [0, 0.05) is 43.2 Å². The van der Waals surface area contributed by atoms with Crippen LogP contribution in [0.3, 0.4) is 0 Å². The zero-order valence-electron chi connectivity index (χ0n) is 16.3. The number of carbonyl (C=O) groups excluding carboxylic acids is 1. The SMILES string of the molecule is COc1ccc(F)cc1C(=O)[C@@H]1CCCN(Cc2cn(C)c3ccccc23)C1. The first-order valence-electron chi connectivity index (χ1n) is 9.70. The highest BCUT2D eigenvalue weighted by atomic mass is 19.1. The fourth-order valence-electron chi connectivity index (χ4n) is 4.30. The molecule has 0 N–H and O–H groups in total. The fourth-order valence-corrected chi connectivity index (χ4v) is 4.30. The first-order chi connectivity index (χ1) is 13.6. The van der Waals surface area contributed by atoms with Crippen LogP contribution in [0.4, 0.5) is 4.39 Å². The van der Waals surface area contributed by atoms with Crippen LogP contribution in [-0.2, 0) is 13.6 Å². The summed E-state index contributed by atoms with van der Waals surface area (Å²) in [6, 6.07) is 12.5. The molecule has 28 heavy (non-hydrogen) atoms. The summed E-state index contributed by atoms with van der Waals surface area (Å²) in [4.78, 5) is 15.4. The van der Waals surface area contributed by atoms with Crippen molar-refractivity contribution in [2.45, 2.75) is 19.4 Å². The summed E-state index contributed by atoms with van der Waals surface area (Å²) >= 11 is 0. The number of piperidine rings is 1. The van der Waals surface area contributed by atoms with Crippen LogP contribution in [-0.4, -0.2) is 35.4 Å². The van der Waals surface area contributed by atoms with Crippen LogP contribution in [0.2, 0.25) is 0 Å². The number of benzene rings is 2. The molecule has 3 aromatic rings. The molecular weight excluding hydrogens is 355 g/mol. The van der Waals surface area contributed by atoms with Gasteiger partial charge >= 0.3 is 0 Å². The van der Waals surface area contributed by atoms with E-state index in [1.807, 2.05) is 6.07 Å². The molecule has 0 radical (unpaired) electrons. The van der Waals surface area contributed by atoms with E-state index in [-0.39, 0.29) is 11.7 Å². The molecule has 4 nitrogen and oxygen atoms in total. The van der Waals surface area contributed by atoms with Gasteiger partial charge in [-0.05, 0) is 49.2 Å². The number of rotatable bonds is 5. The van der Waals surface area contributed by atoms with Crippen molar-refractivity contribution >= 4 is 16.7 Å². The first kappa shape index (κ1) is 18.7. The number of hydrogen-bond donors (Lipinski definition) is 0. The molecule has 146 valence electrons. The lowest BCUT2D eigenvalue weighted by atomic mass is 9.89. The minimum absolute atomic E-state index is 0.0287. The largest absolute Gasteiger partial charge is 0.496 e. The Morgan fingerprint density at radius 3 is 2.89 bits per heavy atom. The van der Waals surface area contributed by atoms with Crippen LogP contribution in [0, 0.1) is 11.7 Å². The maximum absolute atomic E-state index is 13.7. The lowest BCUT2D eigenvalue weighted by Gasteiger charge is -2.32. The van der Waals surface area contributed by atoms with Gasteiger partial charge < -0.3 is 9.30 Å². The van der Waals surface area contributed by atoms with E-state index in [1.165, 1.54) is 41.8 Å². The number of ketones is 1. The molecule has 1 aliphatic heterocycles. The monoisotopic (exact) mass is 380 g/mol. The molecule has 0 aliphatic carbocycles. The van der Waals surface area contributed by atoms with E-state index in [0.717, 1.165) is 25.9 Å². The lowest BCUT2D eigenvalue weighted by Crippen LogP contribution is -2.38. The Kier molecular flexibility index (Phi) is 5.18. The predicted octanol–water partition coefficient (Wildman–Crippen LogP) is 4.42. The summed E-state index contributed by atoms with van der Waals surface area (Å²) in [5.74, 6) is -0.136. The molecule has 0 spiro atoms. The minimum atomic E-state index is -0.410. The van der Waals surface area contributed by atoms with Crippen molar-refractivity contribution in [2.75, 3.05) is 20.2 Å². The standard InChI is InChI=1S/C23H25FN2O2/c1-25-13-17(19-7-3-4-8-21(19)25)15-26-11-5-6-16(14-26)23(27)20-12-18(24)9-10-22(20)28-2/h3-4,7-10,12-13,16H,5-6,11,14-15H2,1-2H3/t16-/m1/s1. The maximum Gasteiger partial charge on any atom is 0.171 e. The van der Waals surface area contributed by atoms with Crippen LogP contribution in [0.5, 0.6) is 5.75 Å². The molecule has 2 aromatic carbocycles. The maximum atomic E-state index is 13.7. The Bertz CT molecular complexity index is 1010.